The third kappa shape index (κ3) is 4.47. The Hall–Kier alpha value is -3.33. The highest BCUT2D eigenvalue weighted by Gasteiger charge is 2.24. The lowest BCUT2D eigenvalue weighted by Crippen LogP contribution is -2.30. The number of anilines is 2. The average molecular weight is 456 g/mol. The van der Waals surface area contributed by atoms with Gasteiger partial charge in [0.05, 0.1) is 28.0 Å². The number of aromatic carboxylic acids is 1. The molecular formula is C23H25N3O5S. The molecule has 1 aliphatic rings. The molecule has 0 bridgehead atoms. The minimum Gasteiger partial charge on any atom is -0.478 e. The Morgan fingerprint density at radius 3 is 2.59 bits per heavy atom. The van der Waals surface area contributed by atoms with Crippen molar-refractivity contribution in [2.24, 2.45) is 0 Å². The molecule has 2 heterocycles. The van der Waals surface area contributed by atoms with Crippen molar-refractivity contribution in [1.29, 1.82) is 0 Å². The molecule has 0 spiro atoms. The van der Waals surface area contributed by atoms with E-state index in [1.807, 2.05) is 19.1 Å². The number of hydrogen-bond acceptors (Lipinski definition) is 6. The number of nitrogens with zero attached hydrogens (tertiary/aromatic N) is 2. The normalized spacial score (nSPS) is 14.3. The van der Waals surface area contributed by atoms with Gasteiger partial charge in [0.15, 0.2) is 0 Å². The van der Waals surface area contributed by atoms with Crippen molar-refractivity contribution in [2.75, 3.05) is 22.7 Å². The number of nitrogens with one attached hydrogen (secondary N) is 1. The number of piperidine rings is 1. The third-order valence-corrected chi connectivity index (χ3v) is 7.05. The van der Waals surface area contributed by atoms with E-state index >= 15 is 0 Å². The van der Waals surface area contributed by atoms with Crippen LogP contribution < -0.4 is 9.62 Å². The smallest absolute Gasteiger partial charge is 0.335 e. The van der Waals surface area contributed by atoms with E-state index in [0.29, 0.717) is 29.1 Å². The van der Waals surface area contributed by atoms with Crippen molar-refractivity contribution in [3.05, 3.63) is 60.0 Å². The fourth-order valence-electron chi connectivity index (χ4n) is 3.96. The molecule has 0 unspecified atom stereocenters. The van der Waals surface area contributed by atoms with Crippen molar-refractivity contribution < 1.29 is 22.7 Å². The largest absolute Gasteiger partial charge is 0.478 e. The summed E-state index contributed by atoms with van der Waals surface area (Å²) in [5.74, 6) is -0.790. The zero-order valence-corrected chi connectivity index (χ0v) is 18.6. The van der Waals surface area contributed by atoms with Gasteiger partial charge in [0, 0.05) is 18.7 Å². The summed E-state index contributed by atoms with van der Waals surface area (Å²) in [6.45, 7) is 3.50. The molecule has 1 aliphatic heterocycles. The quantitative estimate of drug-likeness (QED) is 0.543. The maximum atomic E-state index is 13.4. The SMILES string of the molecule is CCc1ccc(C(=O)O)cc1S(=O)(=O)Nc1cc(-c2ncco2)ccc1N1CCCCC1. The molecule has 168 valence electrons. The highest BCUT2D eigenvalue weighted by Crippen LogP contribution is 2.34. The van der Waals surface area contributed by atoms with Crippen molar-refractivity contribution in [3.8, 4) is 11.5 Å². The van der Waals surface area contributed by atoms with Crippen molar-refractivity contribution in [3.63, 3.8) is 0 Å². The topological polar surface area (TPSA) is 113 Å². The number of hydrogen-bond donors (Lipinski definition) is 2. The molecule has 2 N–H and O–H groups in total. The minimum atomic E-state index is -4.05. The van der Waals surface area contributed by atoms with Gasteiger partial charge in [-0.15, -0.1) is 0 Å². The highest BCUT2D eigenvalue weighted by atomic mass is 32.2. The summed E-state index contributed by atoms with van der Waals surface area (Å²) < 4.78 is 35.0. The first-order chi connectivity index (χ1) is 15.4. The molecule has 0 saturated carbocycles. The second-order valence-electron chi connectivity index (χ2n) is 7.70. The highest BCUT2D eigenvalue weighted by molar-refractivity contribution is 7.92. The third-order valence-electron chi connectivity index (χ3n) is 5.60. The Labute approximate surface area is 186 Å². The van der Waals surface area contributed by atoms with Crippen LogP contribution in [0.4, 0.5) is 11.4 Å². The summed E-state index contributed by atoms with van der Waals surface area (Å²) in [4.78, 5) is 17.7. The Kier molecular flexibility index (Phi) is 6.18. The Bertz CT molecular complexity index is 1220. The van der Waals surface area contributed by atoms with E-state index in [-0.39, 0.29) is 10.5 Å². The molecule has 2 aromatic carbocycles. The molecule has 1 saturated heterocycles. The molecule has 9 heteroatoms. The van der Waals surface area contributed by atoms with Crippen LogP contribution in [0.25, 0.3) is 11.5 Å². The van der Waals surface area contributed by atoms with E-state index in [0.717, 1.165) is 38.0 Å². The van der Waals surface area contributed by atoms with E-state index in [1.165, 1.54) is 24.6 Å². The van der Waals surface area contributed by atoms with Crippen LogP contribution in [0.15, 0.2) is 58.2 Å². The lowest BCUT2D eigenvalue weighted by Gasteiger charge is -2.31. The maximum Gasteiger partial charge on any atom is 0.335 e. The molecular weight excluding hydrogens is 430 g/mol. The van der Waals surface area contributed by atoms with Gasteiger partial charge in [0.25, 0.3) is 10.0 Å². The van der Waals surface area contributed by atoms with E-state index in [4.69, 9.17) is 4.42 Å². The fraction of sp³-hybridized carbons (Fsp3) is 0.304. The first-order valence-corrected chi connectivity index (χ1v) is 12.1. The number of carboxylic acids is 1. The zero-order chi connectivity index (χ0) is 22.7. The van der Waals surface area contributed by atoms with Gasteiger partial charge in [-0.25, -0.2) is 18.2 Å². The molecule has 0 aliphatic carbocycles. The molecule has 32 heavy (non-hydrogen) atoms. The average Bonchev–Trinajstić information content (AvgIpc) is 3.34. The number of oxazole rings is 1. The van der Waals surface area contributed by atoms with Crippen molar-refractivity contribution >= 4 is 27.4 Å². The van der Waals surface area contributed by atoms with Crippen LogP contribution in [0, 0.1) is 0 Å². The summed E-state index contributed by atoms with van der Waals surface area (Å²) in [6, 6.07) is 9.62. The lowest BCUT2D eigenvalue weighted by molar-refractivity contribution is 0.0696. The van der Waals surface area contributed by atoms with Crippen LogP contribution in [0.1, 0.15) is 42.1 Å². The van der Waals surface area contributed by atoms with Gasteiger partial charge in [-0.05, 0) is 61.6 Å². The van der Waals surface area contributed by atoms with Crippen LogP contribution in [-0.2, 0) is 16.4 Å². The van der Waals surface area contributed by atoms with Crippen LogP contribution in [0.5, 0.6) is 0 Å². The van der Waals surface area contributed by atoms with E-state index in [1.54, 1.807) is 12.1 Å². The van der Waals surface area contributed by atoms with E-state index in [9.17, 15) is 18.3 Å². The molecule has 1 fully saturated rings. The van der Waals surface area contributed by atoms with E-state index < -0.39 is 16.0 Å². The molecule has 3 aromatic rings. The second kappa shape index (κ2) is 9.04. The fourth-order valence-corrected chi connectivity index (χ4v) is 5.36. The number of aryl methyl sites for hydroxylation is 1. The molecule has 0 atom stereocenters. The maximum absolute atomic E-state index is 13.4. The number of aromatic nitrogens is 1. The Morgan fingerprint density at radius 2 is 1.94 bits per heavy atom. The van der Waals surface area contributed by atoms with Crippen LogP contribution in [0.2, 0.25) is 0 Å². The molecule has 0 amide bonds. The molecule has 0 radical (unpaired) electrons. The molecule has 4 rings (SSSR count). The standard InChI is InChI=1S/C23H25N3O5S/c1-2-16-6-7-18(23(27)28)15-21(16)32(29,30)25-19-14-17(22-24-10-13-31-22)8-9-20(19)26-11-4-3-5-12-26/h6-10,13-15,25H,2-5,11-12H2,1H3,(H,27,28). The first-order valence-electron chi connectivity index (χ1n) is 10.6. The summed E-state index contributed by atoms with van der Waals surface area (Å²) in [5, 5.41) is 9.35. The van der Waals surface area contributed by atoms with Gasteiger partial charge >= 0.3 is 5.97 Å². The van der Waals surface area contributed by atoms with Gasteiger partial charge in [-0.1, -0.05) is 13.0 Å². The number of rotatable bonds is 7. The Balaban J connectivity index is 1.78. The van der Waals surface area contributed by atoms with Crippen LogP contribution in [0.3, 0.4) is 0 Å². The Morgan fingerprint density at radius 1 is 1.16 bits per heavy atom. The number of benzene rings is 2. The van der Waals surface area contributed by atoms with Gasteiger partial charge < -0.3 is 14.4 Å². The predicted molar refractivity (Wildman–Crippen MR) is 122 cm³/mol. The monoisotopic (exact) mass is 455 g/mol. The lowest BCUT2D eigenvalue weighted by atomic mass is 10.1. The van der Waals surface area contributed by atoms with Crippen molar-refractivity contribution in [1.82, 2.24) is 4.98 Å². The number of carbonyl (C=O) groups is 1. The number of carboxylic acid groups (broad SMARTS) is 1. The predicted octanol–water partition coefficient (Wildman–Crippen LogP) is 4.39. The minimum absolute atomic E-state index is 0.0361. The van der Waals surface area contributed by atoms with Gasteiger partial charge in [0.2, 0.25) is 5.89 Å². The summed E-state index contributed by atoms with van der Waals surface area (Å²) in [5.41, 5.74) is 2.29. The first kappa shape index (κ1) is 21.9. The van der Waals surface area contributed by atoms with Gasteiger partial charge in [0.1, 0.15) is 6.26 Å². The number of sulfonamides is 1. The van der Waals surface area contributed by atoms with Gasteiger partial charge in [-0.2, -0.15) is 0 Å². The van der Waals surface area contributed by atoms with Gasteiger partial charge in [-0.3, -0.25) is 4.72 Å². The summed E-state index contributed by atoms with van der Waals surface area (Å²) in [6.07, 6.45) is 6.66. The van der Waals surface area contributed by atoms with Crippen molar-refractivity contribution in [2.45, 2.75) is 37.5 Å². The molecule has 8 nitrogen and oxygen atoms in total. The van der Waals surface area contributed by atoms with E-state index in [2.05, 4.69) is 14.6 Å². The summed E-state index contributed by atoms with van der Waals surface area (Å²) in [7, 11) is -4.05. The van der Waals surface area contributed by atoms with Crippen LogP contribution in [-0.4, -0.2) is 37.6 Å². The zero-order valence-electron chi connectivity index (χ0n) is 17.7. The molecule has 1 aromatic heterocycles. The van der Waals surface area contributed by atoms with Crippen LogP contribution >= 0.6 is 0 Å². The summed E-state index contributed by atoms with van der Waals surface area (Å²) >= 11 is 0. The second-order valence-corrected chi connectivity index (χ2v) is 9.35.